The van der Waals surface area contributed by atoms with E-state index in [4.69, 9.17) is 5.11 Å². The second-order valence-electron chi connectivity index (χ2n) is 4.36. The lowest BCUT2D eigenvalue weighted by molar-refractivity contribution is -0.139. The zero-order chi connectivity index (χ0) is 13.9. The maximum Gasteiger partial charge on any atom is 0.325 e. The van der Waals surface area contributed by atoms with E-state index >= 15 is 0 Å². The molecule has 1 rings (SSSR count). The van der Waals surface area contributed by atoms with Crippen LogP contribution in [0.5, 0.6) is 0 Å². The Morgan fingerprint density at radius 2 is 1.78 bits per heavy atom. The Morgan fingerprint density at radius 3 is 2.28 bits per heavy atom. The summed E-state index contributed by atoms with van der Waals surface area (Å²) in [5.41, 5.74) is -0.415. The average molecular weight is 261 g/mol. The maximum absolute atomic E-state index is 13.5. The third-order valence-corrected chi connectivity index (χ3v) is 2.33. The van der Waals surface area contributed by atoms with Gasteiger partial charge >= 0.3 is 5.97 Å². The zero-order valence-corrected chi connectivity index (χ0v) is 10.0. The Hall–Kier alpha value is -1.56. The number of benzene rings is 1. The molecule has 2 N–H and O–H groups in total. The molecule has 0 spiro atoms. The Bertz CT molecular complexity index is 449. The normalized spacial score (nSPS) is 12.8. The second kappa shape index (κ2) is 5.86. The topological polar surface area (TPSA) is 49.3 Å². The fourth-order valence-electron chi connectivity index (χ4n) is 1.44. The van der Waals surface area contributed by atoms with Gasteiger partial charge < -0.3 is 10.4 Å². The number of nitrogens with one attached hydrogen (secondary N) is 1. The first kappa shape index (κ1) is 14.5. The number of carboxylic acids is 1. The van der Waals surface area contributed by atoms with E-state index < -0.39 is 35.0 Å². The van der Waals surface area contributed by atoms with Gasteiger partial charge in [0.15, 0.2) is 11.6 Å². The lowest BCUT2D eigenvalue weighted by Gasteiger charge is -2.17. The van der Waals surface area contributed by atoms with Gasteiger partial charge in [-0.25, -0.2) is 13.2 Å². The number of hydrogen-bond donors (Lipinski definition) is 2. The van der Waals surface area contributed by atoms with E-state index in [9.17, 15) is 18.0 Å². The molecule has 0 saturated carbocycles. The highest BCUT2D eigenvalue weighted by atomic mass is 19.2. The fraction of sp³-hybridized carbons (Fsp3) is 0.417. The Morgan fingerprint density at radius 1 is 1.22 bits per heavy atom. The molecule has 0 radical (unpaired) electrons. The first-order chi connectivity index (χ1) is 8.32. The number of hydrogen-bond acceptors (Lipinski definition) is 2. The van der Waals surface area contributed by atoms with Crippen LogP contribution in [0.25, 0.3) is 0 Å². The minimum absolute atomic E-state index is 0.139. The summed E-state index contributed by atoms with van der Waals surface area (Å²) in [5.74, 6) is -4.91. The molecule has 0 heterocycles. The third-order valence-electron chi connectivity index (χ3n) is 2.33. The van der Waals surface area contributed by atoms with Gasteiger partial charge in [-0.05, 0) is 18.5 Å². The van der Waals surface area contributed by atoms with E-state index in [0.717, 1.165) is 0 Å². The quantitative estimate of drug-likeness (QED) is 0.800. The van der Waals surface area contributed by atoms with Crippen molar-refractivity contribution in [3.8, 4) is 0 Å². The number of carboxylic acid groups (broad SMARTS) is 1. The highest BCUT2D eigenvalue weighted by Crippen LogP contribution is 2.21. The summed E-state index contributed by atoms with van der Waals surface area (Å²) in [5, 5.41) is 11.6. The van der Waals surface area contributed by atoms with Crippen molar-refractivity contribution in [2.45, 2.75) is 19.9 Å². The monoisotopic (exact) mass is 261 g/mol. The number of aliphatic carboxylic acids is 1. The predicted molar refractivity (Wildman–Crippen MR) is 59.5 cm³/mol. The molecule has 0 bridgehead atoms. The van der Waals surface area contributed by atoms with Gasteiger partial charge in [-0.2, -0.15) is 0 Å². The number of rotatable bonds is 5. The highest BCUT2D eigenvalue weighted by Gasteiger charge is 2.24. The molecule has 0 aliphatic carbocycles. The Kier molecular flexibility index (Phi) is 4.72. The van der Waals surface area contributed by atoms with Crippen molar-refractivity contribution in [2.75, 3.05) is 6.54 Å². The van der Waals surface area contributed by atoms with Gasteiger partial charge in [0.2, 0.25) is 0 Å². The summed E-state index contributed by atoms with van der Waals surface area (Å²) < 4.78 is 39.2. The highest BCUT2D eigenvalue weighted by molar-refractivity contribution is 5.75. The standard InChI is InChI=1S/C12H14F3NO2/c1-6(2)5-16-11(12(17)18)7-3-9(14)10(15)4-8(7)13/h3-4,6,11,16H,5H2,1-2H3,(H,17,18). The summed E-state index contributed by atoms with van der Waals surface area (Å²) in [7, 11) is 0. The summed E-state index contributed by atoms with van der Waals surface area (Å²) in [6, 6.07) is -0.489. The fourth-order valence-corrected chi connectivity index (χ4v) is 1.44. The van der Waals surface area contributed by atoms with E-state index in [-0.39, 0.29) is 5.92 Å². The molecule has 0 fully saturated rings. The molecule has 18 heavy (non-hydrogen) atoms. The van der Waals surface area contributed by atoms with Gasteiger partial charge in [0.1, 0.15) is 11.9 Å². The molecule has 100 valence electrons. The second-order valence-corrected chi connectivity index (χ2v) is 4.36. The third kappa shape index (κ3) is 3.46. The molecular formula is C12H14F3NO2. The summed E-state index contributed by atoms with van der Waals surface area (Å²) in [4.78, 5) is 11.0. The van der Waals surface area contributed by atoms with Crippen LogP contribution in [-0.2, 0) is 4.79 Å². The van der Waals surface area contributed by atoms with E-state index in [2.05, 4.69) is 5.32 Å². The van der Waals surface area contributed by atoms with E-state index in [1.807, 2.05) is 13.8 Å². The molecule has 0 aliphatic heterocycles. The van der Waals surface area contributed by atoms with Crippen LogP contribution < -0.4 is 5.32 Å². The van der Waals surface area contributed by atoms with Crippen molar-refractivity contribution < 1.29 is 23.1 Å². The molecule has 3 nitrogen and oxygen atoms in total. The van der Waals surface area contributed by atoms with Crippen LogP contribution in [0.1, 0.15) is 25.5 Å². The molecule has 0 amide bonds. The molecular weight excluding hydrogens is 247 g/mol. The predicted octanol–water partition coefficient (Wildman–Crippen LogP) is 2.48. The van der Waals surface area contributed by atoms with Crippen molar-refractivity contribution >= 4 is 5.97 Å². The van der Waals surface area contributed by atoms with Crippen LogP contribution in [0.4, 0.5) is 13.2 Å². The molecule has 1 aromatic carbocycles. The summed E-state index contributed by atoms with van der Waals surface area (Å²) >= 11 is 0. The molecule has 1 unspecified atom stereocenters. The minimum atomic E-state index is -1.40. The van der Waals surface area contributed by atoms with Crippen LogP contribution in [-0.4, -0.2) is 17.6 Å². The molecule has 6 heteroatoms. The van der Waals surface area contributed by atoms with Crippen LogP contribution in [0, 0.1) is 23.4 Å². The van der Waals surface area contributed by atoms with Crippen LogP contribution >= 0.6 is 0 Å². The largest absolute Gasteiger partial charge is 0.480 e. The Labute approximate surface area is 103 Å². The van der Waals surface area contributed by atoms with Crippen LogP contribution in [0.2, 0.25) is 0 Å². The lowest BCUT2D eigenvalue weighted by atomic mass is 10.0. The van der Waals surface area contributed by atoms with Crippen molar-refractivity contribution in [1.29, 1.82) is 0 Å². The summed E-state index contributed by atoms with van der Waals surface area (Å²) in [6.07, 6.45) is 0. The van der Waals surface area contributed by atoms with Gasteiger partial charge in [-0.15, -0.1) is 0 Å². The maximum atomic E-state index is 13.5. The zero-order valence-electron chi connectivity index (χ0n) is 10.0. The van der Waals surface area contributed by atoms with Gasteiger partial charge in [0, 0.05) is 11.6 Å². The van der Waals surface area contributed by atoms with E-state index in [1.165, 1.54) is 0 Å². The summed E-state index contributed by atoms with van der Waals surface area (Å²) in [6.45, 7) is 4.00. The van der Waals surface area contributed by atoms with Crippen molar-refractivity contribution in [3.05, 3.63) is 35.1 Å². The molecule has 1 aromatic rings. The van der Waals surface area contributed by atoms with Crippen molar-refractivity contribution in [2.24, 2.45) is 5.92 Å². The lowest BCUT2D eigenvalue weighted by Crippen LogP contribution is -2.32. The first-order valence-electron chi connectivity index (χ1n) is 5.43. The number of halogens is 3. The van der Waals surface area contributed by atoms with Crippen molar-refractivity contribution in [3.63, 3.8) is 0 Å². The number of carbonyl (C=O) groups is 1. The molecule has 0 saturated heterocycles. The average Bonchev–Trinajstić information content (AvgIpc) is 2.24. The van der Waals surface area contributed by atoms with Gasteiger partial charge in [-0.3, -0.25) is 4.79 Å². The van der Waals surface area contributed by atoms with Crippen molar-refractivity contribution in [1.82, 2.24) is 5.32 Å². The minimum Gasteiger partial charge on any atom is -0.480 e. The SMILES string of the molecule is CC(C)CNC(C(=O)O)c1cc(F)c(F)cc1F. The van der Waals surface area contributed by atoms with Gasteiger partial charge in [0.05, 0.1) is 0 Å². The molecule has 0 aromatic heterocycles. The van der Waals surface area contributed by atoms with Crippen LogP contribution in [0.3, 0.4) is 0 Å². The molecule has 0 aliphatic rings. The van der Waals surface area contributed by atoms with Gasteiger partial charge in [0.25, 0.3) is 0 Å². The van der Waals surface area contributed by atoms with E-state index in [0.29, 0.717) is 18.7 Å². The molecule has 1 atom stereocenters. The van der Waals surface area contributed by atoms with Gasteiger partial charge in [-0.1, -0.05) is 13.8 Å². The van der Waals surface area contributed by atoms with E-state index in [1.54, 1.807) is 0 Å². The Balaban J connectivity index is 3.06. The van der Waals surface area contributed by atoms with Crippen LogP contribution in [0.15, 0.2) is 12.1 Å². The first-order valence-corrected chi connectivity index (χ1v) is 5.43. The smallest absolute Gasteiger partial charge is 0.325 e.